The van der Waals surface area contributed by atoms with Gasteiger partial charge >= 0.3 is 0 Å². The van der Waals surface area contributed by atoms with E-state index in [1.807, 2.05) is 13.8 Å². The van der Waals surface area contributed by atoms with Gasteiger partial charge in [-0.05, 0) is 25.7 Å². The van der Waals surface area contributed by atoms with E-state index in [1.54, 1.807) is 0 Å². The summed E-state index contributed by atoms with van der Waals surface area (Å²) in [7, 11) is 0. The maximum Gasteiger partial charge on any atom is 0.230 e. The number of nitrogens with zero attached hydrogens (tertiary/aromatic N) is 3. The molecule has 2 saturated heterocycles. The van der Waals surface area contributed by atoms with Crippen LogP contribution in [0.2, 0.25) is 0 Å². The first-order chi connectivity index (χ1) is 10.1. The van der Waals surface area contributed by atoms with E-state index in [2.05, 4.69) is 15.1 Å². The van der Waals surface area contributed by atoms with Crippen molar-refractivity contribution >= 4 is 0 Å². The van der Waals surface area contributed by atoms with Gasteiger partial charge in [0.15, 0.2) is 0 Å². The largest absolute Gasteiger partial charge is 0.424 e. The molecule has 1 spiro atoms. The van der Waals surface area contributed by atoms with Gasteiger partial charge in [-0.2, -0.15) is 0 Å². The summed E-state index contributed by atoms with van der Waals surface area (Å²) >= 11 is 0. The maximum atomic E-state index is 10.2. The van der Waals surface area contributed by atoms with Crippen LogP contribution in [0, 0.1) is 0 Å². The molecule has 2 aliphatic heterocycles. The lowest BCUT2D eigenvalue weighted by molar-refractivity contribution is -0.177. The normalized spacial score (nSPS) is 26.6. The Morgan fingerprint density at radius 1 is 1.33 bits per heavy atom. The van der Waals surface area contributed by atoms with E-state index in [0.29, 0.717) is 18.3 Å². The second-order valence-electron chi connectivity index (χ2n) is 6.54. The molecule has 3 heterocycles. The number of aromatic nitrogens is 2. The lowest BCUT2D eigenvalue weighted by Crippen LogP contribution is -2.55. The number of piperidine rings is 1. The Morgan fingerprint density at radius 3 is 2.71 bits per heavy atom. The number of hydrogen-bond acceptors (Lipinski definition) is 6. The number of aliphatic hydroxyl groups excluding tert-OH is 1. The van der Waals surface area contributed by atoms with Gasteiger partial charge in [0.2, 0.25) is 11.8 Å². The summed E-state index contributed by atoms with van der Waals surface area (Å²) in [6.07, 6.45) is 3.26. The van der Waals surface area contributed by atoms with E-state index in [-0.39, 0.29) is 17.6 Å². The summed E-state index contributed by atoms with van der Waals surface area (Å²) in [4.78, 5) is 2.30. The molecule has 1 aromatic heterocycles. The monoisotopic (exact) mass is 295 g/mol. The number of ether oxygens (including phenoxy) is 1. The molecule has 2 fully saturated rings. The minimum Gasteiger partial charge on any atom is -0.424 e. The first-order valence-corrected chi connectivity index (χ1v) is 7.96. The lowest BCUT2D eigenvalue weighted by Gasteiger charge is -2.46. The molecular formula is C15H25N3O3. The van der Waals surface area contributed by atoms with Crippen molar-refractivity contribution < 1.29 is 14.3 Å². The second kappa shape index (κ2) is 6.02. The fourth-order valence-corrected chi connectivity index (χ4v) is 3.23. The van der Waals surface area contributed by atoms with E-state index in [1.165, 1.54) is 0 Å². The van der Waals surface area contributed by atoms with Crippen molar-refractivity contribution in [3.05, 3.63) is 11.8 Å². The summed E-state index contributed by atoms with van der Waals surface area (Å²) in [5.41, 5.74) is -0.313. The first kappa shape index (κ1) is 14.9. The smallest absolute Gasteiger partial charge is 0.230 e. The van der Waals surface area contributed by atoms with E-state index in [9.17, 15) is 5.11 Å². The van der Waals surface area contributed by atoms with Crippen LogP contribution in [0.15, 0.2) is 4.42 Å². The highest BCUT2D eigenvalue weighted by atomic mass is 16.5. The van der Waals surface area contributed by atoms with Gasteiger partial charge in [-0.3, -0.25) is 4.90 Å². The van der Waals surface area contributed by atoms with Gasteiger partial charge in [0.25, 0.3) is 0 Å². The third kappa shape index (κ3) is 3.12. The molecule has 1 atom stereocenters. The van der Waals surface area contributed by atoms with Gasteiger partial charge < -0.3 is 14.3 Å². The van der Waals surface area contributed by atoms with Crippen molar-refractivity contribution in [1.82, 2.24) is 15.1 Å². The van der Waals surface area contributed by atoms with Gasteiger partial charge in [-0.25, -0.2) is 0 Å². The van der Waals surface area contributed by atoms with Crippen LogP contribution in [0.3, 0.4) is 0 Å². The third-order valence-corrected chi connectivity index (χ3v) is 4.66. The lowest BCUT2D eigenvalue weighted by atomic mass is 9.82. The van der Waals surface area contributed by atoms with Crippen LogP contribution >= 0.6 is 0 Å². The molecule has 21 heavy (non-hydrogen) atoms. The summed E-state index contributed by atoms with van der Waals surface area (Å²) in [6, 6.07) is 0. The Morgan fingerprint density at radius 2 is 2.10 bits per heavy atom. The first-order valence-electron chi connectivity index (χ1n) is 7.96. The Labute approximate surface area is 125 Å². The highest BCUT2D eigenvalue weighted by Crippen LogP contribution is 2.35. The van der Waals surface area contributed by atoms with Crippen molar-refractivity contribution in [2.24, 2.45) is 0 Å². The van der Waals surface area contributed by atoms with Crippen molar-refractivity contribution in [3.63, 3.8) is 0 Å². The average molecular weight is 295 g/mol. The molecule has 0 saturated carbocycles. The van der Waals surface area contributed by atoms with Crippen LogP contribution in [-0.4, -0.2) is 51.6 Å². The zero-order valence-corrected chi connectivity index (χ0v) is 12.9. The van der Waals surface area contributed by atoms with Crippen LogP contribution in [0.1, 0.15) is 57.2 Å². The molecule has 1 N–H and O–H groups in total. The maximum absolute atomic E-state index is 10.2. The highest BCUT2D eigenvalue weighted by Gasteiger charge is 2.43. The predicted molar refractivity (Wildman–Crippen MR) is 76.8 cm³/mol. The third-order valence-electron chi connectivity index (χ3n) is 4.66. The second-order valence-corrected chi connectivity index (χ2v) is 6.54. The molecule has 0 radical (unpaired) electrons. The number of rotatable bonds is 3. The zero-order valence-electron chi connectivity index (χ0n) is 12.9. The Balaban J connectivity index is 1.55. The molecule has 3 rings (SSSR count). The molecule has 0 bridgehead atoms. The number of aliphatic hydroxyl groups is 1. The molecule has 0 amide bonds. The number of likely N-dealkylation sites (tertiary alicyclic amines) is 1. The quantitative estimate of drug-likeness (QED) is 0.915. The summed E-state index contributed by atoms with van der Waals surface area (Å²) in [5.74, 6) is 1.64. The van der Waals surface area contributed by atoms with Gasteiger partial charge in [-0.1, -0.05) is 13.8 Å². The molecule has 0 aromatic carbocycles. The van der Waals surface area contributed by atoms with Crippen LogP contribution < -0.4 is 0 Å². The van der Waals surface area contributed by atoms with E-state index < -0.39 is 0 Å². The molecule has 1 unspecified atom stereocenters. The van der Waals surface area contributed by atoms with Crippen LogP contribution in [0.5, 0.6) is 0 Å². The summed E-state index contributed by atoms with van der Waals surface area (Å²) < 4.78 is 11.6. The Hall–Kier alpha value is -0.980. The van der Waals surface area contributed by atoms with Crippen LogP contribution in [0.4, 0.5) is 0 Å². The molecule has 2 aliphatic rings. The topological polar surface area (TPSA) is 71.6 Å². The molecule has 1 aromatic rings. The standard InChI is InChI=1S/C15H25N3O3/c1-11(2)14-17-16-13(21-14)10-18-7-5-15(6-8-18)12(19)4-3-9-20-15/h11-12,19H,3-10H2,1-2H3. The number of hydrogen-bond donors (Lipinski definition) is 1. The minimum atomic E-state index is -0.315. The van der Waals surface area contributed by atoms with Crippen molar-refractivity contribution in [3.8, 4) is 0 Å². The van der Waals surface area contributed by atoms with Crippen molar-refractivity contribution in [1.29, 1.82) is 0 Å². The summed E-state index contributed by atoms with van der Waals surface area (Å²) in [5, 5.41) is 18.4. The van der Waals surface area contributed by atoms with Crippen molar-refractivity contribution in [2.75, 3.05) is 19.7 Å². The van der Waals surface area contributed by atoms with Gasteiger partial charge in [0.1, 0.15) is 0 Å². The van der Waals surface area contributed by atoms with Crippen LogP contribution in [0.25, 0.3) is 0 Å². The molecule has 0 aliphatic carbocycles. The molecule has 6 heteroatoms. The predicted octanol–water partition coefficient (Wildman–Crippen LogP) is 1.70. The fourth-order valence-electron chi connectivity index (χ4n) is 3.23. The van der Waals surface area contributed by atoms with Gasteiger partial charge in [0.05, 0.1) is 18.2 Å². The molecule has 118 valence electrons. The fraction of sp³-hybridized carbons (Fsp3) is 0.867. The molecule has 6 nitrogen and oxygen atoms in total. The Kier molecular flexibility index (Phi) is 4.28. The van der Waals surface area contributed by atoms with Gasteiger partial charge in [0, 0.05) is 25.6 Å². The van der Waals surface area contributed by atoms with E-state index >= 15 is 0 Å². The van der Waals surface area contributed by atoms with Gasteiger partial charge in [-0.15, -0.1) is 10.2 Å². The molecular weight excluding hydrogens is 270 g/mol. The Bertz CT molecular complexity index is 466. The van der Waals surface area contributed by atoms with Crippen LogP contribution in [-0.2, 0) is 11.3 Å². The minimum absolute atomic E-state index is 0.265. The van der Waals surface area contributed by atoms with E-state index in [0.717, 1.165) is 45.4 Å². The highest BCUT2D eigenvalue weighted by molar-refractivity contribution is 4.96. The summed E-state index contributed by atoms with van der Waals surface area (Å²) in [6.45, 7) is 7.35. The SMILES string of the molecule is CC(C)c1nnc(CN2CCC3(CC2)OCCCC3O)o1. The van der Waals surface area contributed by atoms with E-state index in [4.69, 9.17) is 9.15 Å². The zero-order chi connectivity index (χ0) is 14.9. The van der Waals surface area contributed by atoms with Crippen molar-refractivity contribution in [2.45, 2.75) is 63.7 Å². The average Bonchev–Trinajstić information content (AvgIpc) is 2.94.